The zero-order valence-electron chi connectivity index (χ0n) is 2.79. The third-order valence-corrected chi connectivity index (χ3v) is 0. The molecule has 0 aromatic rings. The van der Waals surface area contributed by atoms with Crippen LogP contribution in [-0.4, -0.2) is 101 Å². The number of hydrogen-bond donors (Lipinski definition) is 4. The molecule has 6 N–H and O–H groups in total. The molecule has 0 radical (unpaired) electrons. The zero-order valence-corrected chi connectivity index (χ0v) is 3.79. The van der Waals surface area contributed by atoms with Crippen molar-refractivity contribution in [2.24, 2.45) is 0 Å². The Hall–Kier alpha value is 2.28. The zero-order chi connectivity index (χ0) is 4.50. The van der Waals surface area contributed by atoms with Crippen molar-refractivity contribution in [3.05, 3.63) is 0 Å². The number of rotatable bonds is 0. The van der Waals surface area contributed by atoms with E-state index in [1.165, 1.54) is 0 Å². The Kier molecular flexibility index (Phi) is 26.0. The molecule has 46 valence electrons. The minimum atomic E-state index is -4.61. The van der Waals surface area contributed by atoms with Crippen molar-refractivity contribution in [3.8, 4) is 0 Å². The summed E-state index contributed by atoms with van der Waals surface area (Å²) in [5.41, 5.74) is 0. The third-order valence-electron chi connectivity index (χ3n) is 0. The van der Waals surface area contributed by atoms with Gasteiger partial charge in [-0.25, -0.2) is 0 Å². The number of hydrogen-bond acceptors (Lipinski definition) is 4. The predicted molar refractivity (Wildman–Crippen MR) is 33.9 cm³/mol. The van der Waals surface area contributed by atoms with Crippen molar-refractivity contribution in [1.29, 1.82) is 0 Å². The topological polar surface area (TPSA) is 112 Å². The predicted octanol–water partition coefficient (Wildman–Crippen LogP) is -5.00. The molecule has 5 nitrogen and oxygen atoms in total. The van der Waals surface area contributed by atoms with Gasteiger partial charge in [0, 0.05) is 0 Å². The Balaban J connectivity index is -0.0000000267. The van der Waals surface area contributed by atoms with Crippen LogP contribution < -0.4 is 0 Å². The van der Waals surface area contributed by atoms with Gasteiger partial charge in [-0.15, -0.1) is 0 Å². The molecule has 8 heavy (non-hydrogen) atoms. The molecule has 0 amide bonds. The monoisotopic (exact) mass is 180 g/mol. The molecule has 0 saturated heterocycles. The van der Waals surface area contributed by atoms with E-state index in [-0.39, 0.29) is 72.8 Å². The SMILES string of the molecule is O.O[Si](O)(O)O.[CaH2].[NaH]. The van der Waals surface area contributed by atoms with E-state index in [0.29, 0.717) is 0 Å². The summed E-state index contributed by atoms with van der Waals surface area (Å²) >= 11 is 0. The van der Waals surface area contributed by atoms with E-state index in [9.17, 15) is 0 Å². The summed E-state index contributed by atoms with van der Waals surface area (Å²) in [5.74, 6) is 0. The molecule has 0 aliphatic heterocycles. The molecule has 0 bridgehead atoms. The van der Waals surface area contributed by atoms with E-state index in [1.54, 1.807) is 0 Å². The average Bonchev–Trinajstić information content (AvgIpc) is 0.722. The van der Waals surface area contributed by atoms with Gasteiger partial charge in [-0.05, 0) is 0 Å². The second-order valence-electron chi connectivity index (χ2n) is 0.600. The molecular weight excluding hydrogens is 171 g/mol. The summed E-state index contributed by atoms with van der Waals surface area (Å²) in [6, 6.07) is 0. The van der Waals surface area contributed by atoms with Crippen LogP contribution in [0.25, 0.3) is 0 Å². The summed E-state index contributed by atoms with van der Waals surface area (Å²) in [6.07, 6.45) is 0. The fourth-order valence-electron chi connectivity index (χ4n) is 0. The summed E-state index contributed by atoms with van der Waals surface area (Å²) in [7, 11) is -4.61. The first-order valence-electron chi connectivity index (χ1n) is 0.894. The molecule has 0 aliphatic carbocycles. The third kappa shape index (κ3) is 84.6. The second kappa shape index (κ2) is 9.28. The molecule has 0 aliphatic rings. The van der Waals surface area contributed by atoms with Crippen molar-refractivity contribution < 1.29 is 24.7 Å². The normalized spacial score (nSPS) is 7.50. The van der Waals surface area contributed by atoms with Gasteiger partial charge in [-0.1, -0.05) is 0 Å². The molecular formula is H9CaNaO5Si. The van der Waals surface area contributed by atoms with Gasteiger partial charge in [-0.3, -0.25) is 0 Å². The summed E-state index contributed by atoms with van der Waals surface area (Å²) in [4.78, 5) is 29.3. The summed E-state index contributed by atoms with van der Waals surface area (Å²) < 4.78 is 0. The van der Waals surface area contributed by atoms with Gasteiger partial charge in [-0.2, -0.15) is 0 Å². The van der Waals surface area contributed by atoms with Gasteiger partial charge >= 0.3 is 76.3 Å². The van der Waals surface area contributed by atoms with Gasteiger partial charge in [0.2, 0.25) is 0 Å². The average molecular weight is 180 g/mol. The Morgan fingerprint density at radius 1 is 0.875 bits per heavy atom. The van der Waals surface area contributed by atoms with Gasteiger partial charge in [0.05, 0.1) is 0 Å². The molecule has 0 fully saturated rings. The van der Waals surface area contributed by atoms with Crippen molar-refractivity contribution in [3.63, 3.8) is 0 Å². The molecule has 0 atom stereocenters. The van der Waals surface area contributed by atoms with Crippen LogP contribution in [0, 0.1) is 0 Å². The van der Waals surface area contributed by atoms with Crippen LogP contribution >= 0.6 is 0 Å². The van der Waals surface area contributed by atoms with E-state index in [2.05, 4.69) is 0 Å². The molecule has 0 aromatic carbocycles. The first-order chi connectivity index (χ1) is 2.00. The maximum absolute atomic E-state index is 7.33. The van der Waals surface area contributed by atoms with Crippen LogP contribution in [0.5, 0.6) is 0 Å². The van der Waals surface area contributed by atoms with E-state index >= 15 is 0 Å². The van der Waals surface area contributed by atoms with Crippen molar-refractivity contribution in [1.82, 2.24) is 0 Å². The Labute approximate surface area is 99.4 Å². The fraction of sp³-hybridized carbons (Fsp3) is 0. The standard InChI is InChI=1S/Ca.Na.H4O4Si.H2O.3H/c;;1-5(2,3)4;;;;/h;;1-4H;1H2;;;. The van der Waals surface area contributed by atoms with E-state index in [0.717, 1.165) is 0 Å². The van der Waals surface area contributed by atoms with E-state index in [4.69, 9.17) is 19.2 Å². The fourth-order valence-corrected chi connectivity index (χ4v) is 0. The first kappa shape index (κ1) is 22.4. The summed E-state index contributed by atoms with van der Waals surface area (Å²) in [5, 5.41) is 0. The van der Waals surface area contributed by atoms with Crippen molar-refractivity contribution in [2.45, 2.75) is 0 Å². The molecule has 0 spiro atoms. The van der Waals surface area contributed by atoms with Gasteiger partial charge in [0.1, 0.15) is 0 Å². The van der Waals surface area contributed by atoms with Gasteiger partial charge < -0.3 is 24.7 Å². The maximum atomic E-state index is 7.33. The Bertz CT molecular complexity index is 27.9. The molecule has 0 unspecified atom stereocenters. The molecule has 0 saturated carbocycles. The minimum absolute atomic E-state index is 0. The van der Waals surface area contributed by atoms with Crippen LogP contribution in [0.4, 0.5) is 0 Å². The van der Waals surface area contributed by atoms with E-state index in [1.807, 2.05) is 0 Å². The summed E-state index contributed by atoms with van der Waals surface area (Å²) in [6.45, 7) is 0. The molecule has 0 rings (SSSR count). The molecule has 0 aromatic heterocycles. The quantitative estimate of drug-likeness (QED) is 0.280. The van der Waals surface area contributed by atoms with E-state index < -0.39 is 9.05 Å². The van der Waals surface area contributed by atoms with Crippen LogP contribution in [0.1, 0.15) is 0 Å². The van der Waals surface area contributed by atoms with Crippen LogP contribution in [-0.2, 0) is 0 Å². The van der Waals surface area contributed by atoms with Gasteiger partial charge in [0.15, 0.2) is 0 Å². The van der Waals surface area contributed by atoms with Crippen molar-refractivity contribution in [2.75, 3.05) is 0 Å². The Morgan fingerprint density at radius 3 is 0.875 bits per heavy atom. The van der Waals surface area contributed by atoms with Gasteiger partial charge in [0.25, 0.3) is 0 Å². The second-order valence-corrected chi connectivity index (χ2v) is 1.80. The molecule has 8 heteroatoms. The van der Waals surface area contributed by atoms with Crippen molar-refractivity contribution >= 4 is 76.3 Å². The van der Waals surface area contributed by atoms with Crippen LogP contribution in [0.2, 0.25) is 0 Å². The van der Waals surface area contributed by atoms with Crippen LogP contribution in [0.15, 0.2) is 0 Å². The first-order valence-corrected chi connectivity index (χ1v) is 2.68. The van der Waals surface area contributed by atoms with Crippen LogP contribution in [0.3, 0.4) is 0 Å². The Morgan fingerprint density at radius 2 is 0.875 bits per heavy atom. The molecule has 0 heterocycles.